The van der Waals surface area contributed by atoms with E-state index in [0.29, 0.717) is 17.4 Å². The zero-order valence-corrected chi connectivity index (χ0v) is 15.4. The molecule has 134 valence electrons. The average Bonchev–Trinajstić information content (AvgIpc) is 3.12. The summed E-state index contributed by atoms with van der Waals surface area (Å²) >= 11 is 0. The highest BCUT2D eigenvalue weighted by atomic mass is 16.6. The van der Waals surface area contributed by atoms with Crippen molar-refractivity contribution in [2.45, 2.75) is 39.7 Å². The Morgan fingerprint density at radius 1 is 0.962 bits per heavy atom. The maximum absolute atomic E-state index is 12.3. The molecule has 0 radical (unpaired) electrons. The van der Waals surface area contributed by atoms with E-state index in [-0.39, 0.29) is 5.89 Å². The van der Waals surface area contributed by atoms with Gasteiger partial charge in [-0.2, -0.15) is 0 Å². The second-order valence-corrected chi connectivity index (χ2v) is 6.64. The number of aryl methyl sites for hydroxylation is 1. The number of benzene rings is 2. The van der Waals surface area contributed by atoms with E-state index in [1.807, 2.05) is 43.3 Å². The molecule has 1 aromatic heterocycles. The third-order valence-corrected chi connectivity index (χ3v) is 4.18. The molecule has 1 atom stereocenters. The standard InChI is InChI=1S/C21H22N2O3/c1-13(2)16-9-11-18(12-10-16)21(24)25-15(4)19-22-23-20(26-19)17-7-5-14(3)6-8-17/h5-13,15H,1-4H3/t15-/m1/s1. The van der Waals surface area contributed by atoms with Crippen LogP contribution in [0.3, 0.4) is 0 Å². The highest BCUT2D eigenvalue weighted by Gasteiger charge is 2.20. The number of carbonyl (C=O) groups is 1. The van der Waals surface area contributed by atoms with Gasteiger partial charge in [-0.3, -0.25) is 0 Å². The fraction of sp³-hybridized carbons (Fsp3) is 0.286. The first-order valence-corrected chi connectivity index (χ1v) is 8.65. The van der Waals surface area contributed by atoms with E-state index in [1.54, 1.807) is 19.1 Å². The van der Waals surface area contributed by atoms with Gasteiger partial charge in [0.05, 0.1) is 5.56 Å². The predicted molar refractivity (Wildman–Crippen MR) is 98.8 cm³/mol. The fourth-order valence-electron chi connectivity index (χ4n) is 2.49. The van der Waals surface area contributed by atoms with Crippen LogP contribution in [0.2, 0.25) is 0 Å². The lowest BCUT2D eigenvalue weighted by Crippen LogP contribution is -2.09. The van der Waals surface area contributed by atoms with Gasteiger partial charge in [-0.1, -0.05) is 43.7 Å². The Bertz CT molecular complexity index is 880. The van der Waals surface area contributed by atoms with Crippen molar-refractivity contribution in [2.24, 2.45) is 0 Å². The molecule has 0 saturated carbocycles. The Morgan fingerprint density at radius 2 is 1.62 bits per heavy atom. The topological polar surface area (TPSA) is 65.2 Å². The van der Waals surface area contributed by atoms with E-state index in [4.69, 9.17) is 9.15 Å². The highest BCUT2D eigenvalue weighted by Crippen LogP contribution is 2.24. The van der Waals surface area contributed by atoms with Gasteiger partial charge in [-0.15, -0.1) is 10.2 Å². The lowest BCUT2D eigenvalue weighted by Gasteiger charge is -2.10. The maximum Gasteiger partial charge on any atom is 0.338 e. The average molecular weight is 350 g/mol. The van der Waals surface area contributed by atoms with Gasteiger partial charge in [0, 0.05) is 5.56 Å². The molecule has 0 unspecified atom stereocenters. The van der Waals surface area contributed by atoms with Crippen LogP contribution in [-0.4, -0.2) is 16.2 Å². The summed E-state index contributed by atoms with van der Waals surface area (Å²) in [7, 11) is 0. The van der Waals surface area contributed by atoms with Crippen LogP contribution in [0.25, 0.3) is 11.5 Å². The second-order valence-electron chi connectivity index (χ2n) is 6.64. The molecule has 1 heterocycles. The lowest BCUT2D eigenvalue weighted by molar-refractivity contribution is 0.0280. The second kappa shape index (κ2) is 7.52. The normalized spacial score (nSPS) is 12.2. The van der Waals surface area contributed by atoms with Gasteiger partial charge in [0.15, 0.2) is 6.10 Å². The van der Waals surface area contributed by atoms with Crippen LogP contribution in [0.4, 0.5) is 0 Å². The van der Waals surface area contributed by atoms with Crippen molar-refractivity contribution in [3.8, 4) is 11.5 Å². The van der Waals surface area contributed by atoms with E-state index < -0.39 is 12.1 Å². The maximum atomic E-state index is 12.3. The zero-order chi connectivity index (χ0) is 18.7. The molecule has 3 aromatic rings. The van der Waals surface area contributed by atoms with Crippen LogP contribution in [-0.2, 0) is 4.74 Å². The van der Waals surface area contributed by atoms with E-state index in [9.17, 15) is 4.79 Å². The quantitative estimate of drug-likeness (QED) is 0.600. The molecule has 0 amide bonds. The van der Waals surface area contributed by atoms with Crippen molar-refractivity contribution < 1.29 is 13.9 Å². The van der Waals surface area contributed by atoms with Gasteiger partial charge in [0.1, 0.15) is 0 Å². The Kier molecular flexibility index (Phi) is 5.16. The van der Waals surface area contributed by atoms with E-state index in [2.05, 4.69) is 24.0 Å². The first-order chi connectivity index (χ1) is 12.4. The lowest BCUT2D eigenvalue weighted by atomic mass is 10.0. The van der Waals surface area contributed by atoms with Crippen LogP contribution in [0.5, 0.6) is 0 Å². The zero-order valence-electron chi connectivity index (χ0n) is 15.4. The number of hydrogen-bond acceptors (Lipinski definition) is 5. The molecule has 5 nitrogen and oxygen atoms in total. The first kappa shape index (κ1) is 17.9. The molecule has 5 heteroatoms. The summed E-state index contributed by atoms with van der Waals surface area (Å²) in [5, 5.41) is 8.05. The molecule has 0 aliphatic heterocycles. The SMILES string of the molecule is Cc1ccc(-c2nnc([C@@H](C)OC(=O)c3ccc(C(C)C)cc3)o2)cc1. The van der Waals surface area contributed by atoms with Crippen LogP contribution < -0.4 is 0 Å². The minimum Gasteiger partial charge on any atom is -0.449 e. The van der Waals surface area contributed by atoms with Crippen molar-refractivity contribution in [1.82, 2.24) is 10.2 Å². The van der Waals surface area contributed by atoms with Crippen LogP contribution >= 0.6 is 0 Å². The van der Waals surface area contributed by atoms with Crippen molar-refractivity contribution in [2.75, 3.05) is 0 Å². The molecule has 0 aliphatic carbocycles. The van der Waals surface area contributed by atoms with Gasteiger partial charge in [-0.25, -0.2) is 4.79 Å². The fourth-order valence-corrected chi connectivity index (χ4v) is 2.49. The smallest absolute Gasteiger partial charge is 0.338 e. The Morgan fingerprint density at radius 3 is 2.23 bits per heavy atom. The number of esters is 1. The van der Waals surface area contributed by atoms with Crippen molar-refractivity contribution in [1.29, 1.82) is 0 Å². The van der Waals surface area contributed by atoms with Gasteiger partial charge in [0.2, 0.25) is 5.89 Å². The third-order valence-electron chi connectivity index (χ3n) is 4.18. The monoisotopic (exact) mass is 350 g/mol. The molecule has 0 bridgehead atoms. The predicted octanol–water partition coefficient (Wildman–Crippen LogP) is 5.09. The van der Waals surface area contributed by atoms with Gasteiger partial charge < -0.3 is 9.15 Å². The molecule has 0 N–H and O–H groups in total. The van der Waals surface area contributed by atoms with Crippen LogP contribution in [0.1, 0.15) is 60.2 Å². The minimum absolute atomic E-state index is 0.271. The summed E-state index contributed by atoms with van der Waals surface area (Å²) in [5.74, 6) is 0.678. The summed E-state index contributed by atoms with van der Waals surface area (Å²) in [6.45, 7) is 7.94. The van der Waals surface area contributed by atoms with Crippen molar-refractivity contribution in [3.63, 3.8) is 0 Å². The summed E-state index contributed by atoms with van der Waals surface area (Å²) in [4.78, 5) is 12.3. The Balaban J connectivity index is 1.68. The molecule has 3 rings (SSSR count). The Labute approximate surface area is 153 Å². The number of nitrogens with zero attached hydrogens (tertiary/aromatic N) is 2. The summed E-state index contributed by atoms with van der Waals surface area (Å²) in [6, 6.07) is 15.2. The number of hydrogen-bond donors (Lipinski definition) is 0. The molecule has 2 aromatic carbocycles. The van der Waals surface area contributed by atoms with Crippen LogP contribution in [0.15, 0.2) is 52.9 Å². The largest absolute Gasteiger partial charge is 0.449 e. The summed E-state index contributed by atoms with van der Waals surface area (Å²) in [6.07, 6.45) is -0.626. The molecular formula is C21H22N2O3. The van der Waals surface area contributed by atoms with E-state index in [0.717, 1.165) is 11.1 Å². The van der Waals surface area contributed by atoms with Gasteiger partial charge in [-0.05, 0) is 49.6 Å². The number of ether oxygens (including phenoxy) is 1. The van der Waals surface area contributed by atoms with Gasteiger partial charge >= 0.3 is 5.97 Å². The Hall–Kier alpha value is -2.95. The molecule has 0 saturated heterocycles. The molecule has 0 aliphatic rings. The number of rotatable bonds is 5. The first-order valence-electron chi connectivity index (χ1n) is 8.65. The molecule has 0 fully saturated rings. The summed E-state index contributed by atoms with van der Waals surface area (Å²) < 4.78 is 11.1. The van der Waals surface area contributed by atoms with Crippen molar-refractivity contribution in [3.05, 3.63) is 71.1 Å². The minimum atomic E-state index is -0.626. The van der Waals surface area contributed by atoms with Crippen LogP contribution in [0, 0.1) is 6.92 Å². The van der Waals surface area contributed by atoms with E-state index in [1.165, 1.54) is 5.56 Å². The molecule has 0 spiro atoms. The molecular weight excluding hydrogens is 328 g/mol. The number of aromatic nitrogens is 2. The van der Waals surface area contributed by atoms with Crippen molar-refractivity contribution >= 4 is 5.97 Å². The van der Waals surface area contributed by atoms with Gasteiger partial charge in [0.25, 0.3) is 5.89 Å². The number of carbonyl (C=O) groups excluding carboxylic acids is 1. The third kappa shape index (κ3) is 3.99. The molecule has 26 heavy (non-hydrogen) atoms. The van der Waals surface area contributed by atoms with E-state index >= 15 is 0 Å². The highest BCUT2D eigenvalue weighted by molar-refractivity contribution is 5.89. The summed E-state index contributed by atoms with van der Waals surface area (Å²) in [5.41, 5.74) is 3.66.